The Morgan fingerprint density at radius 1 is 1.17 bits per heavy atom. The number of benzene rings is 1. The number of rotatable bonds is 3. The Bertz CT molecular complexity index is 592. The van der Waals surface area contributed by atoms with Crippen LogP contribution in [0.4, 0.5) is 10.1 Å². The maximum atomic E-state index is 13.3. The summed E-state index contributed by atoms with van der Waals surface area (Å²) in [5, 5.41) is 13.5. The average Bonchev–Trinajstić information content (AvgIpc) is 3.13. The van der Waals surface area contributed by atoms with Crippen molar-refractivity contribution < 1.29 is 19.0 Å². The highest BCUT2D eigenvalue weighted by molar-refractivity contribution is 5.53. The monoisotopic (exact) mass is 336 g/mol. The minimum absolute atomic E-state index is 0.0302. The summed E-state index contributed by atoms with van der Waals surface area (Å²) in [5.41, 5.74) is 2.11. The smallest absolute Gasteiger partial charge is 0.123 e. The molecule has 132 valence electrons. The van der Waals surface area contributed by atoms with Crippen molar-refractivity contribution in [2.24, 2.45) is 0 Å². The highest BCUT2D eigenvalue weighted by Crippen LogP contribution is 2.29. The number of fused-ring (bicyclic) bond motifs is 1. The van der Waals surface area contributed by atoms with E-state index in [1.54, 1.807) is 6.07 Å². The van der Waals surface area contributed by atoms with Gasteiger partial charge in [-0.05, 0) is 43.5 Å². The molecular formula is C18H25FN2O3. The molecule has 0 bridgehead atoms. The number of aryl methyl sites for hydroxylation is 1. The molecule has 2 N–H and O–H groups in total. The second-order valence-electron chi connectivity index (χ2n) is 7.13. The van der Waals surface area contributed by atoms with Gasteiger partial charge in [-0.2, -0.15) is 0 Å². The molecule has 4 atom stereocenters. The van der Waals surface area contributed by atoms with E-state index in [2.05, 4.69) is 10.2 Å². The Hall–Kier alpha value is -1.21. The Kier molecular flexibility index (Phi) is 4.47. The predicted octanol–water partition coefficient (Wildman–Crippen LogP) is 1.22. The summed E-state index contributed by atoms with van der Waals surface area (Å²) >= 11 is 0. The van der Waals surface area contributed by atoms with Crippen LogP contribution in [0.5, 0.6) is 0 Å². The van der Waals surface area contributed by atoms with Gasteiger partial charge in [-0.3, -0.25) is 0 Å². The lowest BCUT2D eigenvalue weighted by Crippen LogP contribution is -2.50. The van der Waals surface area contributed by atoms with Gasteiger partial charge in [-0.15, -0.1) is 0 Å². The van der Waals surface area contributed by atoms with Crippen molar-refractivity contribution in [2.75, 3.05) is 31.2 Å². The second kappa shape index (κ2) is 6.59. The van der Waals surface area contributed by atoms with Crippen molar-refractivity contribution in [2.45, 2.75) is 50.2 Å². The molecule has 3 saturated heterocycles. The summed E-state index contributed by atoms with van der Waals surface area (Å²) in [6.07, 6.45) is 1.37. The summed E-state index contributed by atoms with van der Waals surface area (Å²) in [4.78, 5) is 2.33. The number of anilines is 1. The third kappa shape index (κ3) is 3.04. The topological polar surface area (TPSA) is 54.0 Å². The minimum atomic E-state index is -0.495. The Balaban J connectivity index is 1.32. The summed E-state index contributed by atoms with van der Waals surface area (Å²) in [5.74, 6) is -0.178. The Morgan fingerprint density at radius 2 is 1.92 bits per heavy atom. The lowest BCUT2D eigenvalue weighted by atomic mass is 10.0. The van der Waals surface area contributed by atoms with Crippen LogP contribution in [0, 0.1) is 12.7 Å². The zero-order valence-electron chi connectivity index (χ0n) is 14.0. The number of aliphatic hydroxyl groups is 1. The molecule has 3 aliphatic heterocycles. The third-order valence-electron chi connectivity index (χ3n) is 5.47. The summed E-state index contributed by atoms with van der Waals surface area (Å²) < 4.78 is 24.6. The molecular weight excluding hydrogens is 311 g/mol. The molecule has 3 aliphatic rings. The molecule has 5 nitrogen and oxygen atoms in total. The fourth-order valence-electron chi connectivity index (χ4n) is 4.19. The molecule has 0 aliphatic carbocycles. The number of piperidine rings is 1. The maximum Gasteiger partial charge on any atom is 0.123 e. The standard InChI is InChI=1S/C18H25FN2O3/c1-11-8-12(19)2-3-15(11)21-6-4-13(5-7-21)20-14-9-23-18-16(22)10-24-17(14)18/h2-3,8,13-14,16-18,20,22H,4-7,9-10H2,1H3/t14-,16+,17+,18+/m0/s1. The molecule has 3 fully saturated rings. The van der Waals surface area contributed by atoms with Crippen LogP contribution < -0.4 is 10.2 Å². The van der Waals surface area contributed by atoms with Gasteiger partial charge in [0.15, 0.2) is 0 Å². The summed E-state index contributed by atoms with van der Waals surface area (Å²) in [6, 6.07) is 5.60. The number of halogens is 1. The summed E-state index contributed by atoms with van der Waals surface area (Å²) in [6.45, 7) is 4.84. The van der Waals surface area contributed by atoms with Crippen LogP contribution >= 0.6 is 0 Å². The fourth-order valence-corrected chi connectivity index (χ4v) is 4.19. The first-order valence-corrected chi connectivity index (χ1v) is 8.80. The zero-order valence-corrected chi connectivity index (χ0v) is 14.0. The van der Waals surface area contributed by atoms with Crippen molar-refractivity contribution in [3.8, 4) is 0 Å². The summed E-state index contributed by atoms with van der Waals surface area (Å²) in [7, 11) is 0. The first kappa shape index (κ1) is 16.3. The number of hydrogen-bond acceptors (Lipinski definition) is 5. The quantitative estimate of drug-likeness (QED) is 0.869. The van der Waals surface area contributed by atoms with E-state index in [4.69, 9.17) is 9.47 Å². The largest absolute Gasteiger partial charge is 0.388 e. The normalized spacial score (nSPS) is 33.9. The van der Waals surface area contributed by atoms with Crippen molar-refractivity contribution in [1.29, 1.82) is 0 Å². The highest BCUT2D eigenvalue weighted by atomic mass is 19.1. The van der Waals surface area contributed by atoms with Crippen molar-refractivity contribution in [3.63, 3.8) is 0 Å². The number of hydrogen-bond donors (Lipinski definition) is 2. The highest BCUT2D eigenvalue weighted by Gasteiger charge is 2.47. The molecule has 6 heteroatoms. The van der Waals surface area contributed by atoms with E-state index in [0.29, 0.717) is 19.3 Å². The third-order valence-corrected chi connectivity index (χ3v) is 5.47. The van der Waals surface area contributed by atoms with Gasteiger partial charge in [0.05, 0.1) is 19.3 Å². The van der Waals surface area contributed by atoms with Gasteiger partial charge in [0, 0.05) is 24.8 Å². The van der Waals surface area contributed by atoms with Gasteiger partial charge in [0.2, 0.25) is 0 Å². The van der Waals surface area contributed by atoms with Gasteiger partial charge in [-0.1, -0.05) is 0 Å². The van der Waals surface area contributed by atoms with E-state index in [-0.39, 0.29) is 24.1 Å². The van der Waals surface area contributed by atoms with Gasteiger partial charge in [-0.25, -0.2) is 4.39 Å². The van der Waals surface area contributed by atoms with E-state index in [1.807, 2.05) is 13.0 Å². The second-order valence-corrected chi connectivity index (χ2v) is 7.13. The number of ether oxygens (including phenoxy) is 2. The van der Waals surface area contributed by atoms with Crippen LogP contribution in [0.25, 0.3) is 0 Å². The fraction of sp³-hybridized carbons (Fsp3) is 0.667. The Morgan fingerprint density at radius 3 is 2.67 bits per heavy atom. The lowest BCUT2D eigenvalue weighted by molar-refractivity contribution is 0.0176. The van der Waals surface area contributed by atoms with E-state index in [1.165, 1.54) is 6.07 Å². The molecule has 0 radical (unpaired) electrons. The van der Waals surface area contributed by atoms with E-state index in [9.17, 15) is 9.50 Å². The molecule has 0 amide bonds. The van der Waals surface area contributed by atoms with Crippen molar-refractivity contribution in [1.82, 2.24) is 5.32 Å². The number of aliphatic hydroxyl groups excluding tert-OH is 1. The Labute approximate surface area is 141 Å². The van der Waals surface area contributed by atoms with Gasteiger partial charge < -0.3 is 24.8 Å². The SMILES string of the molecule is Cc1cc(F)ccc1N1CCC(N[C@H]2CO[C@H]3[C@@H]2OC[C@H]3O)CC1. The van der Waals surface area contributed by atoms with Crippen LogP contribution in [-0.2, 0) is 9.47 Å². The maximum absolute atomic E-state index is 13.3. The van der Waals surface area contributed by atoms with E-state index < -0.39 is 6.10 Å². The molecule has 0 spiro atoms. The van der Waals surface area contributed by atoms with Crippen molar-refractivity contribution >= 4 is 5.69 Å². The minimum Gasteiger partial charge on any atom is -0.388 e. The molecule has 0 unspecified atom stereocenters. The first-order chi connectivity index (χ1) is 11.6. The number of nitrogens with zero attached hydrogens (tertiary/aromatic N) is 1. The van der Waals surface area contributed by atoms with E-state index >= 15 is 0 Å². The lowest BCUT2D eigenvalue weighted by Gasteiger charge is -2.36. The van der Waals surface area contributed by atoms with E-state index in [0.717, 1.165) is 37.2 Å². The van der Waals surface area contributed by atoms with Crippen LogP contribution in [0.2, 0.25) is 0 Å². The first-order valence-electron chi connectivity index (χ1n) is 8.80. The number of nitrogens with one attached hydrogen (secondary N) is 1. The molecule has 3 heterocycles. The molecule has 0 saturated carbocycles. The van der Waals surface area contributed by atoms with Crippen LogP contribution in [0.15, 0.2) is 18.2 Å². The van der Waals surface area contributed by atoms with Crippen LogP contribution in [0.3, 0.4) is 0 Å². The van der Waals surface area contributed by atoms with Crippen LogP contribution in [0.1, 0.15) is 18.4 Å². The molecule has 1 aromatic carbocycles. The van der Waals surface area contributed by atoms with Crippen molar-refractivity contribution in [3.05, 3.63) is 29.6 Å². The van der Waals surface area contributed by atoms with Crippen LogP contribution in [-0.4, -0.2) is 61.8 Å². The zero-order chi connectivity index (χ0) is 16.7. The molecule has 4 rings (SSSR count). The molecule has 24 heavy (non-hydrogen) atoms. The average molecular weight is 336 g/mol. The predicted molar refractivity (Wildman–Crippen MR) is 88.8 cm³/mol. The van der Waals surface area contributed by atoms with Gasteiger partial charge in [0.25, 0.3) is 0 Å². The van der Waals surface area contributed by atoms with Gasteiger partial charge >= 0.3 is 0 Å². The molecule has 1 aromatic rings. The molecule has 0 aromatic heterocycles. The van der Waals surface area contributed by atoms with Gasteiger partial charge in [0.1, 0.15) is 24.1 Å².